The van der Waals surface area contributed by atoms with Gasteiger partial charge in [0.25, 0.3) is 0 Å². The minimum Gasteiger partial charge on any atom is -0.390 e. The SMILES string of the molecule is NCC(c1ccon1)N1CC(O)C1. The normalized spacial score (nSPS) is 21.4. The molecular formula is C8H13N3O2. The van der Waals surface area contributed by atoms with Crippen molar-refractivity contribution in [3.8, 4) is 0 Å². The number of hydrogen-bond donors (Lipinski definition) is 2. The molecule has 1 aromatic heterocycles. The summed E-state index contributed by atoms with van der Waals surface area (Å²) in [7, 11) is 0. The van der Waals surface area contributed by atoms with Gasteiger partial charge in [-0.1, -0.05) is 5.16 Å². The predicted molar refractivity (Wildman–Crippen MR) is 45.9 cm³/mol. The zero-order chi connectivity index (χ0) is 9.26. The van der Waals surface area contributed by atoms with Crippen molar-refractivity contribution >= 4 is 0 Å². The topological polar surface area (TPSA) is 75.5 Å². The van der Waals surface area contributed by atoms with Crippen molar-refractivity contribution in [2.45, 2.75) is 12.1 Å². The zero-order valence-corrected chi connectivity index (χ0v) is 7.26. The van der Waals surface area contributed by atoms with Gasteiger partial charge in [-0.3, -0.25) is 4.90 Å². The average molecular weight is 183 g/mol. The van der Waals surface area contributed by atoms with Gasteiger partial charge in [0.1, 0.15) is 12.0 Å². The number of β-amino-alcohol motifs (C(OH)–C–C–N with tert-alkyl or cyclic N) is 1. The number of rotatable bonds is 3. The molecule has 0 amide bonds. The lowest BCUT2D eigenvalue weighted by Crippen LogP contribution is -2.53. The highest BCUT2D eigenvalue weighted by Gasteiger charge is 2.32. The van der Waals surface area contributed by atoms with Crippen LogP contribution in [0.5, 0.6) is 0 Å². The molecule has 0 aliphatic carbocycles. The van der Waals surface area contributed by atoms with Gasteiger partial charge in [-0.05, 0) is 0 Å². The van der Waals surface area contributed by atoms with Crippen LogP contribution < -0.4 is 5.73 Å². The molecule has 1 atom stereocenters. The molecule has 1 aliphatic heterocycles. The molecule has 0 bridgehead atoms. The van der Waals surface area contributed by atoms with Crippen LogP contribution in [0.2, 0.25) is 0 Å². The summed E-state index contributed by atoms with van der Waals surface area (Å²) in [5.41, 5.74) is 6.46. The van der Waals surface area contributed by atoms with Crippen molar-refractivity contribution in [2.75, 3.05) is 19.6 Å². The summed E-state index contributed by atoms with van der Waals surface area (Å²) in [6, 6.07) is 1.89. The summed E-state index contributed by atoms with van der Waals surface area (Å²) >= 11 is 0. The van der Waals surface area contributed by atoms with Crippen LogP contribution in [0, 0.1) is 0 Å². The van der Waals surface area contributed by atoms with Crippen LogP contribution >= 0.6 is 0 Å². The molecule has 1 aliphatic rings. The van der Waals surface area contributed by atoms with Crippen LogP contribution in [0.1, 0.15) is 11.7 Å². The number of nitrogens with zero attached hydrogens (tertiary/aromatic N) is 2. The van der Waals surface area contributed by atoms with Gasteiger partial charge in [-0.15, -0.1) is 0 Å². The Hall–Kier alpha value is -0.910. The quantitative estimate of drug-likeness (QED) is 0.651. The zero-order valence-electron chi connectivity index (χ0n) is 7.26. The lowest BCUT2D eigenvalue weighted by molar-refractivity contribution is -0.0249. The Labute approximate surface area is 76.1 Å². The molecule has 5 nitrogen and oxygen atoms in total. The van der Waals surface area contributed by atoms with E-state index < -0.39 is 0 Å². The smallest absolute Gasteiger partial charge is 0.124 e. The Balaban J connectivity index is 2.02. The molecule has 1 unspecified atom stereocenters. The second-order valence-electron chi connectivity index (χ2n) is 3.28. The van der Waals surface area contributed by atoms with E-state index >= 15 is 0 Å². The Morgan fingerprint density at radius 2 is 2.54 bits per heavy atom. The van der Waals surface area contributed by atoms with E-state index in [2.05, 4.69) is 10.1 Å². The van der Waals surface area contributed by atoms with Crippen molar-refractivity contribution in [1.82, 2.24) is 10.1 Å². The van der Waals surface area contributed by atoms with Gasteiger partial charge in [0.15, 0.2) is 0 Å². The molecule has 0 spiro atoms. The van der Waals surface area contributed by atoms with E-state index in [1.807, 2.05) is 6.07 Å². The highest BCUT2D eigenvalue weighted by atomic mass is 16.5. The Bertz CT molecular complexity index is 256. The van der Waals surface area contributed by atoms with E-state index in [9.17, 15) is 0 Å². The van der Waals surface area contributed by atoms with Crippen LogP contribution in [0.25, 0.3) is 0 Å². The summed E-state index contributed by atoms with van der Waals surface area (Å²) in [5.74, 6) is 0. The minimum atomic E-state index is -0.207. The molecule has 3 N–H and O–H groups in total. The predicted octanol–water partition coefficient (Wildman–Crippen LogP) is -0.649. The van der Waals surface area contributed by atoms with E-state index in [0.29, 0.717) is 19.6 Å². The maximum absolute atomic E-state index is 9.13. The van der Waals surface area contributed by atoms with Gasteiger partial charge in [-0.2, -0.15) is 0 Å². The standard InChI is InChI=1S/C8H13N3O2/c9-3-8(7-1-2-13-10-7)11-4-6(12)5-11/h1-2,6,8,12H,3-5,9H2. The van der Waals surface area contributed by atoms with E-state index in [1.54, 1.807) is 0 Å². The van der Waals surface area contributed by atoms with Crippen LogP contribution in [0.3, 0.4) is 0 Å². The Morgan fingerprint density at radius 1 is 1.77 bits per heavy atom. The maximum Gasteiger partial charge on any atom is 0.124 e. The van der Waals surface area contributed by atoms with Crippen LogP contribution in [-0.2, 0) is 0 Å². The number of aliphatic hydroxyl groups is 1. The van der Waals surface area contributed by atoms with E-state index in [4.69, 9.17) is 15.4 Å². The first-order valence-corrected chi connectivity index (χ1v) is 4.33. The monoisotopic (exact) mass is 183 g/mol. The van der Waals surface area contributed by atoms with Gasteiger partial charge < -0.3 is 15.4 Å². The van der Waals surface area contributed by atoms with Crippen LogP contribution in [0.4, 0.5) is 0 Å². The van der Waals surface area contributed by atoms with Gasteiger partial charge in [0.05, 0.1) is 12.1 Å². The first-order valence-electron chi connectivity index (χ1n) is 4.33. The number of hydrogen-bond acceptors (Lipinski definition) is 5. The fourth-order valence-corrected chi connectivity index (χ4v) is 1.59. The number of aliphatic hydroxyl groups excluding tert-OH is 1. The number of nitrogens with two attached hydrogens (primary N) is 1. The van der Waals surface area contributed by atoms with Gasteiger partial charge in [0, 0.05) is 25.7 Å². The molecule has 0 saturated carbocycles. The Morgan fingerprint density at radius 3 is 3.00 bits per heavy atom. The fraction of sp³-hybridized carbons (Fsp3) is 0.625. The third-order valence-corrected chi connectivity index (χ3v) is 2.35. The summed E-state index contributed by atoms with van der Waals surface area (Å²) in [6.07, 6.45) is 1.33. The summed E-state index contributed by atoms with van der Waals surface area (Å²) < 4.78 is 4.75. The molecule has 0 radical (unpaired) electrons. The molecule has 0 aromatic carbocycles. The average Bonchev–Trinajstić information content (AvgIpc) is 2.55. The van der Waals surface area contributed by atoms with E-state index in [-0.39, 0.29) is 12.1 Å². The third-order valence-electron chi connectivity index (χ3n) is 2.35. The minimum absolute atomic E-state index is 0.0853. The number of aromatic nitrogens is 1. The van der Waals surface area contributed by atoms with Gasteiger partial charge >= 0.3 is 0 Å². The maximum atomic E-state index is 9.13. The lowest BCUT2D eigenvalue weighted by Gasteiger charge is -2.40. The highest BCUT2D eigenvalue weighted by molar-refractivity contribution is 5.06. The molecule has 13 heavy (non-hydrogen) atoms. The second kappa shape index (κ2) is 3.45. The van der Waals surface area contributed by atoms with Gasteiger partial charge in [-0.25, -0.2) is 0 Å². The molecule has 1 aromatic rings. The van der Waals surface area contributed by atoms with E-state index in [0.717, 1.165) is 5.69 Å². The third kappa shape index (κ3) is 1.58. The first-order chi connectivity index (χ1) is 6.31. The first kappa shape index (κ1) is 8.68. The molecular weight excluding hydrogens is 170 g/mol. The molecule has 1 fully saturated rings. The molecule has 2 heterocycles. The van der Waals surface area contributed by atoms with Crippen LogP contribution in [0.15, 0.2) is 16.9 Å². The van der Waals surface area contributed by atoms with Crippen molar-refractivity contribution in [1.29, 1.82) is 0 Å². The van der Waals surface area contributed by atoms with Crippen LogP contribution in [-0.4, -0.2) is 40.9 Å². The van der Waals surface area contributed by atoms with Crippen molar-refractivity contribution in [3.05, 3.63) is 18.0 Å². The van der Waals surface area contributed by atoms with E-state index in [1.165, 1.54) is 6.26 Å². The second-order valence-corrected chi connectivity index (χ2v) is 3.28. The summed E-state index contributed by atoms with van der Waals surface area (Å²) in [4.78, 5) is 2.09. The molecule has 5 heteroatoms. The summed E-state index contributed by atoms with van der Waals surface area (Å²) in [6.45, 7) is 1.85. The number of likely N-dealkylation sites (tertiary alicyclic amines) is 1. The van der Waals surface area contributed by atoms with Crippen molar-refractivity contribution in [3.63, 3.8) is 0 Å². The summed E-state index contributed by atoms with van der Waals surface area (Å²) in [5, 5.41) is 13.0. The largest absolute Gasteiger partial charge is 0.390 e. The highest BCUT2D eigenvalue weighted by Crippen LogP contribution is 2.23. The molecule has 2 rings (SSSR count). The lowest BCUT2D eigenvalue weighted by atomic mass is 10.1. The Kier molecular flexibility index (Phi) is 2.30. The fourth-order valence-electron chi connectivity index (χ4n) is 1.59. The van der Waals surface area contributed by atoms with Crippen molar-refractivity contribution in [2.24, 2.45) is 5.73 Å². The van der Waals surface area contributed by atoms with Crippen molar-refractivity contribution < 1.29 is 9.63 Å². The van der Waals surface area contributed by atoms with Gasteiger partial charge in [0.2, 0.25) is 0 Å². The molecule has 1 saturated heterocycles. The molecule has 72 valence electrons.